The summed E-state index contributed by atoms with van der Waals surface area (Å²) in [5, 5.41) is 0. The monoisotopic (exact) mass is 416 g/mol. The molecule has 0 saturated heterocycles. The van der Waals surface area contributed by atoms with Gasteiger partial charge in [-0.05, 0) is 0 Å². The topological polar surface area (TPSA) is 0 Å². The summed E-state index contributed by atoms with van der Waals surface area (Å²) in [6, 6.07) is 10.0. The molecule has 1 rings (SSSR count). The first-order chi connectivity index (χ1) is 8.24. The van der Waals surface area contributed by atoms with Gasteiger partial charge in [-0.2, -0.15) is 37.5 Å². The molecule has 0 amide bonds. The van der Waals surface area contributed by atoms with Crippen molar-refractivity contribution in [3.63, 3.8) is 0 Å². The molecule has 0 unspecified atom stereocenters. The maximum absolute atomic E-state index is 3.60. The Hall–Kier alpha value is 0.220. The molecule has 0 fully saturated rings. The molecular formula is C17H32Hf. The molecule has 1 heteroatoms. The molecule has 0 bridgehead atoms. The van der Waals surface area contributed by atoms with Crippen LogP contribution in [0.3, 0.4) is 0 Å². The first-order valence-corrected chi connectivity index (χ1v) is 6.79. The predicted molar refractivity (Wildman–Crippen MR) is 82.8 cm³/mol. The van der Waals surface area contributed by atoms with E-state index in [1.54, 1.807) is 0 Å². The minimum atomic E-state index is 0. The summed E-state index contributed by atoms with van der Waals surface area (Å²) in [5.41, 5.74) is 0. The van der Waals surface area contributed by atoms with E-state index in [1.165, 1.54) is 19.3 Å². The average Bonchev–Trinajstić information content (AvgIpc) is 2.98. The van der Waals surface area contributed by atoms with Crippen LogP contribution < -0.4 is 0 Å². The molecule has 1 aromatic carbocycles. The second-order valence-corrected chi connectivity index (χ2v) is 3.52. The first-order valence-electron chi connectivity index (χ1n) is 6.79. The Morgan fingerprint density at radius 2 is 0.944 bits per heavy atom. The fourth-order valence-corrected chi connectivity index (χ4v) is 0.321. The van der Waals surface area contributed by atoms with E-state index in [4.69, 9.17) is 0 Å². The van der Waals surface area contributed by atoms with Crippen LogP contribution in [0.25, 0.3) is 0 Å². The predicted octanol–water partition coefficient (Wildman–Crippen LogP) is 6.26. The SMILES string of the molecule is [CH2-]CCC.[CH2-]CCC.[CH2-]CCC.[Hf+4].c1cc[cH-]c1. The maximum Gasteiger partial charge on any atom is 4.00 e. The molecule has 0 N–H and O–H groups in total. The molecule has 0 aliphatic rings. The van der Waals surface area contributed by atoms with Crippen LogP contribution in [0.4, 0.5) is 0 Å². The molecule has 18 heavy (non-hydrogen) atoms. The van der Waals surface area contributed by atoms with Crippen molar-refractivity contribution >= 4 is 0 Å². The Morgan fingerprint density at radius 1 is 0.722 bits per heavy atom. The van der Waals surface area contributed by atoms with Gasteiger partial charge in [0.1, 0.15) is 0 Å². The van der Waals surface area contributed by atoms with Gasteiger partial charge in [0.15, 0.2) is 0 Å². The second-order valence-electron chi connectivity index (χ2n) is 3.52. The normalized spacial score (nSPS) is 7.22. The van der Waals surface area contributed by atoms with Gasteiger partial charge in [0, 0.05) is 0 Å². The molecule has 0 aliphatic heterocycles. The Morgan fingerprint density at radius 3 is 1.00 bits per heavy atom. The van der Waals surface area contributed by atoms with Crippen LogP contribution in [-0.4, -0.2) is 0 Å². The van der Waals surface area contributed by atoms with Crippen LogP contribution in [0.5, 0.6) is 0 Å². The van der Waals surface area contributed by atoms with Gasteiger partial charge in [0.05, 0.1) is 0 Å². The van der Waals surface area contributed by atoms with Gasteiger partial charge in [-0.3, -0.25) is 0 Å². The molecule has 1 aromatic rings. The van der Waals surface area contributed by atoms with Crippen LogP contribution >= 0.6 is 0 Å². The Kier molecular flexibility index (Phi) is 53.4. The quantitative estimate of drug-likeness (QED) is 0.404. The van der Waals surface area contributed by atoms with Gasteiger partial charge in [-0.15, -0.1) is 0 Å². The van der Waals surface area contributed by atoms with E-state index < -0.39 is 0 Å². The fraction of sp³-hybridized carbons (Fsp3) is 0.529. The summed E-state index contributed by atoms with van der Waals surface area (Å²) in [5.74, 6) is 0. The van der Waals surface area contributed by atoms with Gasteiger partial charge in [0.25, 0.3) is 0 Å². The third kappa shape index (κ3) is 55.6. The summed E-state index contributed by atoms with van der Waals surface area (Å²) in [6.45, 7) is 17.2. The van der Waals surface area contributed by atoms with Crippen molar-refractivity contribution in [1.29, 1.82) is 0 Å². The van der Waals surface area contributed by atoms with Crippen molar-refractivity contribution in [3.8, 4) is 0 Å². The second kappa shape index (κ2) is 36.0. The van der Waals surface area contributed by atoms with Crippen molar-refractivity contribution < 1.29 is 25.8 Å². The molecule has 0 aromatic heterocycles. The Labute approximate surface area is 136 Å². The van der Waals surface area contributed by atoms with E-state index >= 15 is 0 Å². The van der Waals surface area contributed by atoms with E-state index in [0.29, 0.717) is 0 Å². The van der Waals surface area contributed by atoms with Gasteiger partial charge >= 0.3 is 25.8 Å². The first kappa shape index (κ1) is 26.7. The zero-order chi connectivity index (χ0) is 13.8. The van der Waals surface area contributed by atoms with E-state index in [0.717, 1.165) is 19.3 Å². The number of hydrogen-bond acceptors (Lipinski definition) is 0. The third-order valence-corrected chi connectivity index (χ3v) is 1.62. The van der Waals surface area contributed by atoms with E-state index in [1.807, 2.05) is 30.3 Å². The summed E-state index contributed by atoms with van der Waals surface area (Å²) in [7, 11) is 0. The number of hydrogen-bond donors (Lipinski definition) is 0. The molecule has 0 aliphatic carbocycles. The van der Waals surface area contributed by atoms with Gasteiger partial charge < -0.3 is 20.8 Å². The zero-order valence-electron chi connectivity index (χ0n) is 12.8. The van der Waals surface area contributed by atoms with Crippen LogP contribution in [0, 0.1) is 20.8 Å². The molecule has 0 radical (unpaired) electrons. The average molecular weight is 415 g/mol. The van der Waals surface area contributed by atoms with E-state index in [-0.39, 0.29) is 25.8 Å². The molecule has 0 atom stereocenters. The van der Waals surface area contributed by atoms with Crippen LogP contribution in [0.15, 0.2) is 30.3 Å². The summed E-state index contributed by atoms with van der Waals surface area (Å²) in [6.07, 6.45) is 6.83. The number of unbranched alkanes of at least 4 members (excludes halogenated alkanes) is 3. The fourth-order valence-electron chi connectivity index (χ4n) is 0.321. The smallest absolute Gasteiger partial charge is 0.343 e. The zero-order valence-corrected chi connectivity index (χ0v) is 16.3. The minimum Gasteiger partial charge on any atom is -0.343 e. The van der Waals surface area contributed by atoms with Gasteiger partial charge in [-0.1, -0.05) is 40.0 Å². The summed E-state index contributed by atoms with van der Waals surface area (Å²) in [4.78, 5) is 0. The molecule has 104 valence electrons. The van der Waals surface area contributed by atoms with Crippen molar-refractivity contribution in [2.24, 2.45) is 0 Å². The maximum atomic E-state index is 3.60. The summed E-state index contributed by atoms with van der Waals surface area (Å²) >= 11 is 0. The van der Waals surface area contributed by atoms with Crippen LogP contribution in [0.1, 0.15) is 59.3 Å². The van der Waals surface area contributed by atoms with Crippen molar-refractivity contribution in [2.75, 3.05) is 0 Å². The van der Waals surface area contributed by atoms with Crippen LogP contribution in [0.2, 0.25) is 0 Å². The Balaban J connectivity index is -0.0000000719. The summed E-state index contributed by atoms with van der Waals surface area (Å²) < 4.78 is 0. The van der Waals surface area contributed by atoms with Crippen LogP contribution in [-0.2, 0) is 25.8 Å². The van der Waals surface area contributed by atoms with E-state index in [9.17, 15) is 0 Å². The van der Waals surface area contributed by atoms with Gasteiger partial charge in [0.2, 0.25) is 0 Å². The molecule has 0 saturated carbocycles. The van der Waals surface area contributed by atoms with E-state index in [2.05, 4.69) is 41.5 Å². The number of rotatable bonds is 3. The van der Waals surface area contributed by atoms with Crippen molar-refractivity contribution in [1.82, 2.24) is 0 Å². The van der Waals surface area contributed by atoms with Gasteiger partial charge in [-0.25, -0.2) is 12.1 Å². The molecule has 0 heterocycles. The van der Waals surface area contributed by atoms with Crippen molar-refractivity contribution in [3.05, 3.63) is 51.1 Å². The molecular weight excluding hydrogens is 383 g/mol. The third-order valence-electron chi connectivity index (χ3n) is 1.62. The Bertz CT molecular complexity index is 112. The molecule has 0 spiro atoms. The minimum absolute atomic E-state index is 0. The largest absolute Gasteiger partial charge is 4.00 e. The van der Waals surface area contributed by atoms with Crippen molar-refractivity contribution in [2.45, 2.75) is 59.3 Å². The molecule has 0 nitrogen and oxygen atoms in total. The standard InChI is InChI=1S/C5H5.3C4H9.Hf/c1-2-4-5-3-1;3*1-3-4-2;/h1-5H;3*1,3-4H2,2H3;/q4*-1;+4.